The smallest absolute Gasteiger partial charge is 0.0100 e. The van der Waals surface area contributed by atoms with Crippen molar-refractivity contribution in [2.75, 3.05) is 0 Å². The van der Waals surface area contributed by atoms with E-state index in [4.69, 9.17) is 0 Å². The molecule has 14 heavy (non-hydrogen) atoms. The van der Waals surface area contributed by atoms with Crippen molar-refractivity contribution in [2.45, 2.75) is 0 Å². The number of nitrogens with zero attached hydrogens (tertiary/aromatic N) is 1. The Morgan fingerprint density at radius 2 is 2.07 bits per heavy atom. The number of rotatable bonds is 1. The van der Waals surface area contributed by atoms with Crippen LogP contribution in [0.1, 0.15) is 0 Å². The van der Waals surface area contributed by atoms with E-state index in [0.29, 0.717) is 0 Å². The molecule has 1 aromatic carbocycles. The van der Waals surface area contributed by atoms with Crippen LogP contribution in [0, 0.1) is 23.9 Å². The van der Waals surface area contributed by atoms with Crippen molar-refractivity contribution in [3.05, 3.63) is 54.4 Å². The SMILES string of the molecule is Fc1c[c-]c(-n2[c-]ccc2)c(F)c1.[Ir]. The van der Waals surface area contributed by atoms with Gasteiger partial charge in [-0.2, -0.15) is 6.07 Å². The molecule has 0 aliphatic rings. The minimum atomic E-state index is -0.646. The summed E-state index contributed by atoms with van der Waals surface area (Å²) in [6, 6.07) is 7.74. The maximum atomic E-state index is 13.1. The van der Waals surface area contributed by atoms with Crippen molar-refractivity contribution < 1.29 is 28.9 Å². The minimum absolute atomic E-state index is 0. The maximum Gasteiger partial charge on any atom is 0.0100 e. The fourth-order valence-corrected chi connectivity index (χ4v) is 1.06. The van der Waals surface area contributed by atoms with Crippen LogP contribution in [0.25, 0.3) is 5.69 Å². The first-order chi connectivity index (χ1) is 6.27. The van der Waals surface area contributed by atoms with Gasteiger partial charge in [-0.25, -0.2) is 6.07 Å². The summed E-state index contributed by atoms with van der Waals surface area (Å²) in [7, 11) is 0. The van der Waals surface area contributed by atoms with Gasteiger partial charge in [0.25, 0.3) is 0 Å². The van der Waals surface area contributed by atoms with E-state index in [-0.39, 0.29) is 25.8 Å². The number of halogens is 2. The first kappa shape index (κ1) is 11.1. The molecular weight excluding hydrogens is 364 g/mol. The van der Waals surface area contributed by atoms with E-state index in [2.05, 4.69) is 12.3 Å². The summed E-state index contributed by atoms with van der Waals surface area (Å²) in [6.45, 7) is 0. The Labute approximate surface area is 93.7 Å². The van der Waals surface area contributed by atoms with Crippen molar-refractivity contribution in [1.82, 2.24) is 4.57 Å². The van der Waals surface area contributed by atoms with Crippen LogP contribution in [0.3, 0.4) is 0 Å². The van der Waals surface area contributed by atoms with E-state index in [1.54, 1.807) is 18.3 Å². The molecular formula is C10H5F2IrN-2. The van der Waals surface area contributed by atoms with Gasteiger partial charge in [0.2, 0.25) is 0 Å². The van der Waals surface area contributed by atoms with Crippen molar-refractivity contribution in [2.24, 2.45) is 0 Å². The van der Waals surface area contributed by atoms with Crippen molar-refractivity contribution in [3.63, 3.8) is 0 Å². The third-order valence-corrected chi connectivity index (χ3v) is 1.62. The molecule has 0 fully saturated rings. The van der Waals surface area contributed by atoms with Gasteiger partial charge < -0.3 is 4.57 Å². The molecule has 0 saturated carbocycles. The van der Waals surface area contributed by atoms with Gasteiger partial charge >= 0.3 is 0 Å². The Balaban J connectivity index is 0.000000980. The zero-order chi connectivity index (χ0) is 9.26. The fraction of sp³-hybridized carbons (Fsp3) is 0. The minimum Gasteiger partial charge on any atom is -0.469 e. The number of aromatic nitrogens is 1. The molecule has 0 aliphatic heterocycles. The second kappa shape index (κ2) is 4.49. The predicted molar refractivity (Wildman–Crippen MR) is 43.4 cm³/mol. The molecule has 0 unspecified atom stereocenters. The standard InChI is InChI=1S/C10H5F2N.Ir/c11-8-3-4-10(9(12)7-8)13-5-1-2-6-13;/h1-3,5,7H;/q-2;. The van der Waals surface area contributed by atoms with E-state index in [0.717, 1.165) is 12.1 Å². The van der Waals surface area contributed by atoms with E-state index < -0.39 is 11.6 Å². The molecule has 2 aromatic rings. The summed E-state index contributed by atoms with van der Waals surface area (Å²) in [6.07, 6.45) is 4.35. The molecule has 4 heteroatoms. The van der Waals surface area contributed by atoms with Crippen LogP contribution >= 0.6 is 0 Å². The molecule has 1 heterocycles. The van der Waals surface area contributed by atoms with Gasteiger partial charge in [-0.1, -0.05) is 6.20 Å². The largest absolute Gasteiger partial charge is 0.469 e. The van der Waals surface area contributed by atoms with Crippen molar-refractivity contribution in [1.29, 1.82) is 0 Å². The molecule has 0 N–H and O–H groups in total. The summed E-state index contributed by atoms with van der Waals surface area (Å²) < 4.78 is 27.0. The molecule has 75 valence electrons. The Bertz CT molecular complexity index is 412. The third-order valence-electron chi connectivity index (χ3n) is 1.62. The molecule has 1 radical (unpaired) electrons. The Morgan fingerprint density at radius 3 is 2.64 bits per heavy atom. The van der Waals surface area contributed by atoms with Gasteiger partial charge in [0.1, 0.15) is 0 Å². The van der Waals surface area contributed by atoms with Gasteiger partial charge in [0, 0.05) is 25.9 Å². The molecule has 2 rings (SSSR count). The molecule has 0 spiro atoms. The number of hydrogen-bond donors (Lipinski definition) is 0. The van der Waals surface area contributed by atoms with Crippen LogP contribution in [0.4, 0.5) is 8.78 Å². The topological polar surface area (TPSA) is 4.93 Å². The first-order valence-electron chi connectivity index (χ1n) is 3.69. The average Bonchev–Trinajstić information content (AvgIpc) is 2.56. The van der Waals surface area contributed by atoms with Crippen LogP contribution < -0.4 is 0 Å². The van der Waals surface area contributed by atoms with Gasteiger partial charge in [0.05, 0.1) is 0 Å². The molecule has 0 saturated heterocycles. The maximum absolute atomic E-state index is 13.1. The predicted octanol–water partition coefficient (Wildman–Crippen LogP) is 2.35. The second-order valence-corrected chi connectivity index (χ2v) is 2.52. The van der Waals surface area contributed by atoms with E-state index >= 15 is 0 Å². The Kier molecular flexibility index (Phi) is 3.55. The fourth-order valence-electron chi connectivity index (χ4n) is 1.06. The summed E-state index contributed by atoms with van der Waals surface area (Å²) in [5.41, 5.74) is 0.173. The van der Waals surface area contributed by atoms with E-state index in [9.17, 15) is 8.78 Å². The monoisotopic (exact) mass is 370 g/mol. The first-order valence-corrected chi connectivity index (χ1v) is 3.69. The van der Waals surface area contributed by atoms with Crippen molar-refractivity contribution >= 4 is 0 Å². The van der Waals surface area contributed by atoms with Gasteiger partial charge in [-0.05, 0) is 5.82 Å². The van der Waals surface area contributed by atoms with E-state index in [1.807, 2.05) is 0 Å². The quantitative estimate of drug-likeness (QED) is 0.680. The normalized spacial score (nSPS) is 9.57. The third kappa shape index (κ3) is 2.08. The molecule has 0 bridgehead atoms. The van der Waals surface area contributed by atoms with Crippen molar-refractivity contribution in [3.8, 4) is 5.69 Å². The number of benzene rings is 1. The molecule has 1 aromatic heterocycles. The summed E-state index contributed by atoms with van der Waals surface area (Å²) in [5, 5.41) is 0. The summed E-state index contributed by atoms with van der Waals surface area (Å²) >= 11 is 0. The van der Waals surface area contributed by atoms with Crippen LogP contribution in [-0.4, -0.2) is 4.57 Å². The Morgan fingerprint density at radius 1 is 1.29 bits per heavy atom. The zero-order valence-corrected chi connectivity index (χ0v) is 9.32. The van der Waals surface area contributed by atoms with Gasteiger partial charge in [0.15, 0.2) is 0 Å². The molecule has 1 nitrogen and oxygen atoms in total. The zero-order valence-electron chi connectivity index (χ0n) is 6.92. The molecule has 0 amide bonds. The molecule has 0 atom stereocenters. The van der Waals surface area contributed by atoms with Gasteiger partial charge in [-0.3, -0.25) is 8.78 Å². The Hall–Kier alpha value is -0.991. The van der Waals surface area contributed by atoms with Crippen LogP contribution in [-0.2, 0) is 20.1 Å². The number of hydrogen-bond acceptors (Lipinski definition) is 0. The van der Waals surface area contributed by atoms with Gasteiger partial charge in [-0.15, -0.1) is 30.1 Å². The second-order valence-electron chi connectivity index (χ2n) is 2.52. The van der Waals surface area contributed by atoms with Crippen LogP contribution in [0.15, 0.2) is 30.5 Å². The van der Waals surface area contributed by atoms with E-state index in [1.165, 1.54) is 4.57 Å². The summed E-state index contributed by atoms with van der Waals surface area (Å²) in [4.78, 5) is 0. The average molecular weight is 369 g/mol. The molecule has 0 aliphatic carbocycles. The van der Waals surface area contributed by atoms with Crippen LogP contribution in [0.5, 0.6) is 0 Å². The van der Waals surface area contributed by atoms with Crippen LogP contribution in [0.2, 0.25) is 0 Å². The summed E-state index contributed by atoms with van der Waals surface area (Å²) in [5.74, 6) is -1.28.